The van der Waals surface area contributed by atoms with Gasteiger partial charge < -0.3 is 4.90 Å². The van der Waals surface area contributed by atoms with Crippen molar-refractivity contribution in [3.63, 3.8) is 0 Å². The summed E-state index contributed by atoms with van der Waals surface area (Å²) in [6.45, 7) is 4.61. The van der Waals surface area contributed by atoms with Crippen LogP contribution in [0.3, 0.4) is 0 Å². The SMILES string of the molecule is CC(C)CC(C(=O)N1CCCc2ccccc21)N1C(=O)c2ccccc2C1=O. The highest BCUT2D eigenvalue weighted by Crippen LogP contribution is 2.32. The van der Waals surface area contributed by atoms with Gasteiger partial charge in [-0.15, -0.1) is 0 Å². The summed E-state index contributed by atoms with van der Waals surface area (Å²) in [6, 6.07) is 13.9. The first kappa shape index (κ1) is 18.4. The molecule has 0 aromatic heterocycles. The minimum atomic E-state index is -0.793. The summed E-state index contributed by atoms with van der Waals surface area (Å²) >= 11 is 0. The summed E-state index contributed by atoms with van der Waals surface area (Å²) in [7, 11) is 0. The molecule has 2 aromatic carbocycles. The van der Waals surface area contributed by atoms with Gasteiger partial charge in [0.05, 0.1) is 11.1 Å². The second kappa shape index (κ2) is 7.23. The van der Waals surface area contributed by atoms with E-state index in [1.54, 1.807) is 29.2 Å². The van der Waals surface area contributed by atoms with Crippen LogP contribution >= 0.6 is 0 Å². The Bertz CT molecular complexity index is 915. The minimum Gasteiger partial charge on any atom is -0.310 e. The number of fused-ring (bicyclic) bond motifs is 2. The van der Waals surface area contributed by atoms with Gasteiger partial charge in [0.25, 0.3) is 11.8 Å². The molecule has 0 aliphatic carbocycles. The molecule has 0 saturated carbocycles. The van der Waals surface area contributed by atoms with E-state index >= 15 is 0 Å². The van der Waals surface area contributed by atoms with Crippen molar-refractivity contribution in [3.8, 4) is 0 Å². The Morgan fingerprint density at radius 3 is 2.21 bits per heavy atom. The second-order valence-electron chi connectivity index (χ2n) is 7.89. The van der Waals surface area contributed by atoms with Crippen LogP contribution in [0.25, 0.3) is 0 Å². The predicted octanol–water partition coefficient (Wildman–Crippen LogP) is 3.68. The van der Waals surface area contributed by atoms with E-state index < -0.39 is 6.04 Å². The molecule has 3 amide bonds. The van der Waals surface area contributed by atoms with Crippen molar-refractivity contribution in [1.82, 2.24) is 4.90 Å². The number of hydrogen-bond donors (Lipinski definition) is 0. The van der Waals surface area contributed by atoms with Gasteiger partial charge in [-0.2, -0.15) is 0 Å². The third-order valence-electron chi connectivity index (χ3n) is 5.49. The summed E-state index contributed by atoms with van der Waals surface area (Å²) in [5, 5.41) is 0. The molecule has 0 radical (unpaired) electrons. The summed E-state index contributed by atoms with van der Waals surface area (Å²) in [4.78, 5) is 42.5. The van der Waals surface area contributed by atoms with Crippen LogP contribution in [0.4, 0.5) is 5.69 Å². The van der Waals surface area contributed by atoms with E-state index in [1.165, 1.54) is 4.90 Å². The Labute approximate surface area is 164 Å². The highest BCUT2D eigenvalue weighted by Gasteiger charge is 2.44. The molecule has 2 aliphatic heterocycles. The van der Waals surface area contributed by atoms with E-state index in [2.05, 4.69) is 0 Å². The van der Waals surface area contributed by atoms with E-state index in [-0.39, 0.29) is 23.6 Å². The molecule has 0 fully saturated rings. The fourth-order valence-electron chi connectivity index (χ4n) is 4.20. The van der Waals surface area contributed by atoms with Crippen molar-refractivity contribution in [3.05, 3.63) is 65.2 Å². The highest BCUT2D eigenvalue weighted by atomic mass is 16.2. The third kappa shape index (κ3) is 3.01. The molecule has 2 heterocycles. The number of amides is 3. The van der Waals surface area contributed by atoms with Crippen LogP contribution < -0.4 is 4.90 Å². The Morgan fingerprint density at radius 1 is 0.964 bits per heavy atom. The molecule has 0 bridgehead atoms. The lowest BCUT2D eigenvalue weighted by Crippen LogP contribution is -2.52. The maximum absolute atomic E-state index is 13.6. The van der Waals surface area contributed by atoms with Crippen LogP contribution in [0.5, 0.6) is 0 Å². The van der Waals surface area contributed by atoms with Gasteiger partial charge in [-0.3, -0.25) is 19.3 Å². The van der Waals surface area contributed by atoms with E-state index in [0.717, 1.165) is 24.1 Å². The topological polar surface area (TPSA) is 57.7 Å². The highest BCUT2D eigenvalue weighted by molar-refractivity contribution is 6.23. The molecule has 2 aliphatic rings. The predicted molar refractivity (Wildman–Crippen MR) is 107 cm³/mol. The van der Waals surface area contributed by atoms with Crippen LogP contribution in [-0.2, 0) is 11.2 Å². The molecule has 5 heteroatoms. The quantitative estimate of drug-likeness (QED) is 0.765. The fourth-order valence-corrected chi connectivity index (χ4v) is 4.20. The molecule has 4 rings (SSSR count). The van der Waals surface area contributed by atoms with E-state index in [9.17, 15) is 14.4 Å². The zero-order valence-electron chi connectivity index (χ0n) is 16.2. The molecule has 2 aromatic rings. The van der Waals surface area contributed by atoms with Crippen LogP contribution in [0, 0.1) is 5.92 Å². The first-order valence-corrected chi connectivity index (χ1v) is 9.85. The molecule has 0 N–H and O–H groups in total. The van der Waals surface area contributed by atoms with Gasteiger partial charge in [-0.05, 0) is 48.9 Å². The molecule has 1 unspecified atom stereocenters. The zero-order chi connectivity index (χ0) is 19.8. The molecule has 1 atom stereocenters. The van der Waals surface area contributed by atoms with E-state index in [0.29, 0.717) is 24.1 Å². The number of para-hydroxylation sites is 1. The Kier molecular flexibility index (Phi) is 4.75. The minimum absolute atomic E-state index is 0.165. The summed E-state index contributed by atoms with van der Waals surface area (Å²) in [6.07, 6.45) is 2.25. The van der Waals surface area contributed by atoms with Gasteiger partial charge >= 0.3 is 0 Å². The van der Waals surface area contributed by atoms with Crippen LogP contribution in [0.1, 0.15) is 53.0 Å². The number of hydrogen-bond acceptors (Lipinski definition) is 3. The standard InChI is InChI=1S/C23H24N2O3/c1-15(2)14-20(25-21(26)17-10-4-5-11-18(17)22(25)27)23(28)24-13-7-9-16-8-3-6-12-19(16)24/h3-6,8,10-12,15,20H,7,9,13-14H2,1-2H3. The number of anilines is 1. The van der Waals surface area contributed by atoms with Gasteiger partial charge in [0.15, 0.2) is 0 Å². The lowest BCUT2D eigenvalue weighted by molar-refractivity contribution is -0.123. The number of rotatable bonds is 4. The van der Waals surface area contributed by atoms with Crippen molar-refractivity contribution in [1.29, 1.82) is 0 Å². The van der Waals surface area contributed by atoms with Gasteiger partial charge in [0, 0.05) is 12.2 Å². The van der Waals surface area contributed by atoms with Crippen molar-refractivity contribution < 1.29 is 14.4 Å². The maximum atomic E-state index is 13.6. The third-order valence-corrected chi connectivity index (χ3v) is 5.49. The van der Waals surface area contributed by atoms with E-state index in [1.807, 2.05) is 38.1 Å². The Balaban J connectivity index is 1.71. The van der Waals surface area contributed by atoms with Crippen LogP contribution in [0.15, 0.2) is 48.5 Å². The van der Waals surface area contributed by atoms with Crippen molar-refractivity contribution >= 4 is 23.4 Å². The molecule has 28 heavy (non-hydrogen) atoms. The molecular formula is C23H24N2O3. The summed E-state index contributed by atoms with van der Waals surface area (Å²) < 4.78 is 0. The Morgan fingerprint density at radius 2 is 1.57 bits per heavy atom. The number of imide groups is 1. The van der Waals surface area contributed by atoms with Crippen molar-refractivity contribution in [2.75, 3.05) is 11.4 Å². The fraction of sp³-hybridized carbons (Fsp3) is 0.348. The Hall–Kier alpha value is -2.95. The molecule has 0 spiro atoms. The number of carbonyl (C=O) groups is 3. The molecule has 0 saturated heterocycles. The first-order chi connectivity index (χ1) is 13.5. The number of benzene rings is 2. The second-order valence-corrected chi connectivity index (χ2v) is 7.89. The number of nitrogens with zero attached hydrogens (tertiary/aromatic N) is 2. The lowest BCUT2D eigenvalue weighted by atomic mass is 9.97. The number of carbonyl (C=O) groups excluding carboxylic acids is 3. The zero-order valence-corrected chi connectivity index (χ0v) is 16.2. The van der Waals surface area contributed by atoms with Gasteiger partial charge in [0.1, 0.15) is 6.04 Å². The first-order valence-electron chi connectivity index (χ1n) is 9.85. The number of aryl methyl sites for hydroxylation is 1. The summed E-state index contributed by atoms with van der Waals surface area (Å²) in [5.74, 6) is -0.747. The van der Waals surface area contributed by atoms with Gasteiger partial charge in [-0.25, -0.2) is 0 Å². The van der Waals surface area contributed by atoms with Crippen LogP contribution in [-0.4, -0.2) is 35.2 Å². The van der Waals surface area contributed by atoms with Gasteiger partial charge in [0.2, 0.25) is 5.91 Å². The van der Waals surface area contributed by atoms with E-state index in [4.69, 9.17) is 0 Å². The molecule has 5 nitrogen and oxygen atoms in total. The smallest absolute Gasteiger partial charge is 0.262 e. The molecular weight excluding hydrogens is 352 g/mol. The van der Waals surface area contributed by atoms with Gasteiger partial charge in [-0.1, -0.05) is 44.2 Å². The monoisotopic (exact) mass is 376 g/mol. The largest absolute Gasteiger partial charge is 0.310 e. The lowest BCUT2D eigenvalue weighted by Gasteiger charge is -2.35. The average molecular weight is 376 g/mol. The average Bonchev–Trinajstić information content (AvgIpc) is 2.96. The maximum Gasteiger partial charge on any atom is 0.262 e. The van der Waals surface area contributed by atoms with Crippen LogP contribution in [0.2, 0.25) is 0 Å². The van der Waals surface area contributed by atoms with Crippen molar-refractivity contribution in [2.24, 2.45) is 5.92 Å². The normalized spacial score (nSPS) is 17.0. The molecule has 144 valence electrons. The van der Waals surface area contributed by atoms with Crippen molar-refractivity contribution in [2.45, 2.75) is 39.2 Å². The summed E-state index contributed by atoms with van der Waals surface area (Å²) in [5.41, 5.74) is 2.79.